The molecule has 0 saturated carbocycles. The van der Waals surface area contributed by atoms with Crippen molar-refractivity contribution in [1.82, 2.24) is 4.90 Å². The van der Waals surface area contributed by atoms with Gasteiger partial charge in [0.2, 0.25) is 0 Å². The number of hydrogen-bond acceptors (Lipinski definition) is 5. The van der Waals surface area contributed by atoms with Crippen molar-refractivity contribution in [3.8, 4) is 6.07 Å². The monoisotopic (exact) mass is 374 g/mol. The minimum absolute atomic E-state index is 0.0105. The highest BCUT2D eigenvalue weighted by atomic mass is 19.1. The molecular formula is C20H23FN2O4. The van der Waals surface area contributed by atoms with Crippen molar-refractivity contribution in [3.63, 3.8) is 0 Å². The summed E-state index contributed by atoms with van der Waals surface area (Å²) in [4.78, 5) is 27.1. The fourth-order valence-corrected chi connectivity index (χ4v) is 3.75. The highest BCUT2D eigenvalue weighted by molar-refractivity contribution is 5.98. The topological polar surface area (TPSA) is 79.6 Å². The molecule has 7 heteroatoms. The molecule has 2 atom stereocenters. The van der Waals surface area contributed by atoms with E-state index in [1.807, 2.05) is 6.07 Å². The molecule has 2 saturated heterocycles. The highest BCUT2D eigenvalue weighted by Gasteiger charge is 2.45. The van der Waals surface area contributed by atoms with Crippen LogP contribution in [0, 0.1) is 23.1 Å². The Bertz CT molecular complexity index is 782. The number of fused-ring (bicyclic) bond motifs is 2. The van der Waals surface area contributed by atoms with Gasteiger partial charge in [-0.05, 0) is 51.8 Å². The maximum absolute atomic E-state index is 14.2. The quantitative estimate of drug-likeness (QED) is 0.742. The zero-order valence-electron chi connectivity index (χ0n) is 15.7. The summed E-state index contributed by atoms with van der Waals surface area (Å²) in [5, 5.41) is 8.85. The average Bonchev–Trinajstić information content (AvgIpc) is 2.58. The number of piperidine rings is 1. The molecule has 2 aliphatic heterocycles. The number of nitriles is 1. The Morgan fingerprint density at radius 1 is 1.26 bits per heavy atom. The van der Waals surface area contributed by atoms with Gasteiger partial charge in [0.15, 0.2) is 5.78 Å². The van der Waals surface area contributed by atoms with Crippen LogP contribution in [0.2, 0.25) is 0 Å². The van der Waals surface area contributed by atoms with E-state index in [2.05, 4.69) is 0 Å². The lowest BCUT2D eigenvalue weighted by atomic mass is 9.80. The summed E-state index contributed by atoms with van der Waals surface area (Å²) in [6.45, 7) is 6.08. The zero-order chi connectivity index (χ0) is 19.8. The van der Waals surface area contributed by atoms with Crippen molar-refractivity contribution in [2.45, 2.75) is 51.3 Å². The van der Waals surface area contributed by atoms with Crippen LogP contribution in [-0.2, 0) is 9.47 Å². The van der Waals surface area contributed by atoms with Gasteiger partial charge in [0.25, 0.3) is 0 Å². The fourth-order valence-electron chi connectivity index (χ4n) is 3.75. The first-order valence-electron chi connectivity index (χ1n) is 9.02. The lowest BCUT2D eigenvalue weighted by molar-refractivity contribution is -0.0861. The van der Waals surface area contributed by atoms with Crippen LogP contribution in [0.4, 0.5) is 9.18 Å². The molecule has 2 aliphatic rings. The molecule has 2 fully saturated rings. The Kier molecular flexibility index (Phi) is 5.20. The van der Waals surface area contributed by atoms with Gasteiger partial charge in [-0.25, -0.2) is 9.18 Å². The van der Waals surface area contributed by atoms with E-state index < -0.39 is 23.4 Å². The molecule has 0 aliphatic carbocycles. The fraction of sp³-hybridized carbons (Fsp3) is 0.550. The molecule has 0 spiro atoms. The Balaban J connectivity index is 1.77. The molecule has 0 radical (unpaired) electrons. The number of carbonyl (C=O) groups excluding carboxylic acids is 2. The third-order valence-corrected chi connectivity index (χ3v) is 4.86. The van der Waals surface area contributed by atoms with Crippen molar-refractivity contribution in [2.24, 2.45) is 5.92 Å². The number of ether oxygens (including phenoxy) is 2. The van der Waals surface area contributed by atoms with E-state index in [1.54, 1.807) is 25.7 Å². The van der Waals surface area contributed by atoms with Gasteiger partial charge in [-0.2, -0.15) is 5.26 Å². The van der Waals surface area contributed by atoms with E-state index in [0.717, 1.165) is 6.07 Å². The summed E-state index contributed by atoms with van der Waals surface area (Å²) in [6, 6.07) is 5.19. The maximum atomic E-state index is 14.2. The van der Waals surface area contributed by atoms with E-state index in [0.29, 0.717) is 26.1 Å². The Morgan fingerprint density at radius 3 is 2.41 bits per heavy atom. The molecule has 2 heterocycles. The summed E-state index contributed by atoms with van der Waals surface area (Å²) in [6.07, 6.45) is 0.387. The number of rotatable bonds is 2. The van der Waals surface area contributed by atoms with Gasteiger partial charge in [0, 0.05) is 5.92 Å². The van der Waals surface area contributed by atoms with E-state index >= 15 is 0 Å². The molecular weight excluding hydrogens is 351 g/mol. The van der Waals surface area contributed by atoms with Gasteiger partial charge in [0.05, 0.1) is 42.5 Å². The normalized spacial score (nSPS) is 24.9. The lowest BCUT2D eigenvalue weighted by Crippen LogP contribution is -2.60. The molecule has 144 valence electrons. The van der Waals surface area contributed by atoms with E-state index in [9.17, 15) is 14.0 Å². The van der Waals surface area contributed by atoms with E-state index in [4.69, 9.17) is 14.7 Å². The van der Waals surface area contributed by atoms with Gasteiger partial charge in [0.1, 0.15) is 11.4 Å². The molecule has 6 nitrogen and oxygen atoms in total. The largest absolute Gasteiger partial charge is 0.444 e. The Labute approximate surface area is 157 Å². The minimum atomic E-state index is -0.685. The summed E-state index contributed by atoms with van der Waals surface area (Å²) in [7, 11) is 0. The SMILES string of the molecule is CC(C)(C)OC(=O)N1C2COCC1CC(C(=O)c1ccc(C#N)cc1F)C2. The number of nitrogens with zero attached hydrogens (tertiary/aromatic N) is 2. The van der Waals surface area contributed by atoms with Gasteiger partial charge >= 0.3 is 6.09 Å². The summed E-state index contributed by atoms with van der Waals surface area (Å²) in [5.41, 5.74) is -0.442. The van der Waals surface area contributed by atoms with Crippen molar-refractivity contribution in [2.75, 3.05) is 13.2 Å². The lowest BCUT2D eigenvalue weighted by Gasteiger charge is -2.47. The van der Waals surface area contributed by atoms with Crippen LogP contribution in [0.3, 0.4) is 0 Å². The number of Topliss-reactive ketones (excluding diaryl/α,β-unsaturated/α-hetero) is 1. The number of hydrogen-bond donors (Lipinski definition) is 0. The van der Waals surface area contributed by atoms with Crippen LogP contribution in [0.25, 0.3) is 0 Å². The molecule has 1 aromatic carbocycles. The predicted molar refractivity (Wildman–Crippen MR) is 94.6 cm³/mol. The molecule has 3 rings (SSSR count). The average molecular weight is 374 g/mol. The van der Waals surface area contributed by atoms with Crippen LogP contribution in [0.15, 0.2) is 18.2 Å². The number of amides is 1. The predicted octanol–water partition coefficient (Wildman–Crippen LogP) is 3.29. The smallest absolute Gasteiger partial charge is 0.410 e. The van der Waals surface area contributed by atoms with E-state index in [1.165, 1.54) is 12.1 Å². The van der Waals surface area contributed by atoms with Crippen molar-refractivity contribution < 1.29 is 23.5 Å². The Morgan fingerprint density at radius 2 is 1.89 bits per heavy atom. The molecule has 0 N–H and O–H groups in total. The molecule has 2 bridgehead atoms. The van der Waals surface area contributed by atoms with Crippen LogP contribution in [0.1, 0.15) is 49.5 Å². The van der Waals surface area contributed by atoms with Gasteiger partial charge in [-0.3, -0.25) is 9.69 Å². The summed E-state index contributed by atoms with van der Waals surface area (Å²) in [5.74, 6) is -1.38. The first kappa shape index (κ1) is 19.3. The number of benzene rings is 1. The van der Waals surface area contributed by atoms with Crippen molar-refractivity contribution in [3.05, 3.63) is 35.1 Å². The minimum Gasteiger partial charge on any atom is -0.444 e. The Hall–Kier alpha value is -2.46. The molecule has 27 heavy (non-hydrogen) atoms. The first-order chi connectivity index (χ1) is 12.7. The summed E-state index contributed by atoms with van der Waals surface area (Å²) >= 11 is 0. The third-order valence-electron chi connectivity index (χ3n) is 4.86. The first-order valence-corrected chi connectivity index (χ1v) is 9.02. The van der Waals surface area contributed by atoms with Crippen LogP contribution >= 0.6 is 0 Å². The molecule has 1 amide bonds. The second-order valence-corrected chi connectivity index (χ2v) is 8.07. The second kappa shape index (κ2) is 7.28. The number of halogens is 1. The number of morpholine rings is 1. The van der Waals surface area contributed by atoms with E-state index in [-0.39, 0.29) is 29.0 Å². The van der Waals surface area contributed by atoms with Gasteiger partial charge < -0.3 is 9.47 Å². The van der Waals surface area contributed by atoms with Crippen LogP contribution in [-0.4, -0.2) is 47.7 Å². The van der Waals surface area contributed by atoms with Gasteiger partial charge in [-0.1, -0.05) is 0 Å². The second-order valence-electron chi connectivity index (χ2n) is 8.07. The number of ketones is 1. The highest BCUT2D eigenvalue weighted by Crippen LogP contribution is 2.35. The van der Waals surface area contributed by atoms with Gasteiger partial charge in [-0.15, -0.1) is 0 Å². The molecule has 0 aromatic heterocycles. The van der Waals surface area contributed by atoms with Crippen molar-refractivity contribution >= 4 is 11.9 Å². The van der Waals surface area contributed by atoms with Crippen molar-refractivity contribution in [1.29, 1.82) is 5.26 Å². The third kappa shape index (κ3) is 4.11. The maximum Gasteiger partial charge on any atom is 0.410 e. The van der Waals surface area contributed by atoms with Crippen LogP contribution in [0.5, 0.6) is 0 Å². The zero-order valence-corrected chi connectivity index (χ0v) is 15.7. The van der Waals surface area contributed by atoms with Crippen LogP contribution < -0.4 is 0 Å². The standard InChI is InChI=1S/C20H23FN2O4/c1-20(2,3)27-19(25)23-14-7-13(8-15(23)11-26-10-14)18(24)16-5-4-12(9-22)6-17(16)21/h4-6,13-15H,7-8,10-11H2,1-3H3. The molecule has 1 aromatic rings. The molecule has 2 unspecified atom stereocenters. The number of carbonyl (C=O) groups is 2. The summed E-state index contributed by atoms with van der Waals surface area (Å²) < 4.78 is 25.3.